The second-order valence-corrected chi connectivity index (χ2v) is 6.66. The molecule has 0 radical (unpaired) electrons. The SMILES string of the molecule is O[C@H]1CN(c2cc(-c3ccc(Cl)cc3)nc(-c3cccnc3)n2)C[C@@H]1O. The summed E-state index contributed by atoms with van der Waals surface area (Å²) in [4.78, 5) is 15.3. The monoisotopic (exact) mass is 368 g/mol. The van der Waals surface area contributed by atoms with E-state index in [4.69, 9.17) is 11.6 Å². The highest BCUT2D eigenvalue weighted by atomic mass is 35.5. The molecule has 2 aromatic heterocycles. The molecular weight excluding hydrogens is 352 g/mol. The van der Waals surface area contributed by atoms with Gasteiger partial charge >= 0.3 is 0 Å². The minimum absolute atomic E-state index is 0.324. The Morgan fingerprint density at radius 2 is 1.69 bits per heavy atom. The van der Waals surface area contributed by atoms with Crippen LogP contribution in [0.1, 0.15) is 0 Å². The summed E-state index contributed by atoms with van der Waals surface area (Å²) < 4.78 is 0. The Kier molecular flexibility index (Phi) is 4.55. The zero-order chi connectivity index (χ0) is 18.1. The van der Waals surface area contributed by atoms with Crippen molar-refractivity contribution >= 4 is 17.4 Å². The number of β-amino-alcohol motifs (C(OH)–C–C–N with tert-alkyl or cyclic N) is 2. The summed E-state index contributed by atoms with van der Waals surface area (Å²) in [7, 11) is 0. The van der Waals surface area contributed by atoms with Gasteiger partial charge in [0.05, 0.1) is 17.9 Å². The van der Waals surface area contributed by atoms with E-state index >= 15 is 0 Å². The lowest BCUT2D eigenvalue weighted by atomic mass is 10.1. The van der Waals surface area contributed by atoms with E-state index in [0.717, 1.165) is 16.8 Å². The van der Waals surface area contributed by atoms with Gasteiger partial charge in [-0.15, -0.1) is 0 Å². The quantitative estimate of drug-likeness (QED) is 0.738. The first-order valence-electron chi connectivity index (χ1n) is 8.26. The number of hydrogen-bond donors (Lipinski definition) is 2. The fourth-order valence-corrected chi connectivity index (χ4v) is 3.07. The van der Waals surface area contributed by atoms with E-state index in [1.165, 1.54) is 0 Å². The van der Waals surface area contributed by atoms with Crippen LogP contribution in [-0.4, -0.2) is 50.5 Å². The lowest BCUT2D eigenvalue weighted by Gasteiger charge is -2.18. The van der Waals surface area contributed by atoms with E-state index in [0.29, 0.717) is 29.8 Å². The number of aliphatic hydroxyl groups excluding tert-OH is 2. The maximum atomic E-state index is 9.87. The first kappa shape index (κ1) is 16.9. The van der Waals surface area contributed by atoms with Gasteiger partial charge in [0.25, 0.3) is 0 Å². The number of anilines is 1. The molecule has 132 valence electrons. The Bertz CT molecular complexity index is 895. The highest BCUT2D eigenvalue weighted by Gasteiger charge is 2.31. The van der Waals surface area contributed by atoms with E-state index in [-0.39, 0.29) is 0 Å². The number of aliphatic hydroxyl groups is 2. The molecule has 4 rings (SSSR count). The largest absolute Gasteiger partial charge is 0.389 e. The summed E-state index contributed by atoms with van der Waals surface area (Å²) in [5.41, 5.74) is 2.44. The molecule has 0 amide bonds. The zero-order valence-corrected chi connectivity index (χ0v) is 14.6. The number of hydrogen-bond acceptors (Lipinski definition) is 6. The van der Waals surface area contributed by atoms with Gasteiger partial charge in [0, 0.05) is 47.7 Å². The van der Waals surface area contributed by atoms with Gasteiger partial charge in [-0.2, -0.15) is 0 Å². The Balaban J connectivity index is 1.81. The third kappa shape index (κ3) is 3.39. The third-order valence-corrected chi connectivity index (χ3v) is 4.61. The van der Waals surface area contributed by atoms with Crippen molar-refractivity contribution < 1.29 is 10.2 Å². The second kappa shape index (κ2) is 6.99. The van der Waals surface area contributed by atoms with Crippen molar-refractivity contribution in [3.05, 3.63) is 59.9 Å². The van der Waals surface area contributed by atoms with Crippen LogP contribution in [0.4, 0.5) is 5.82 Å². The van der Waals surface area contributed by atoms with Crippen LogP contribution < -0.4 is 4.90 Å². The van der Waals surface area contributed by atoms with Crippen molar-refractivity contribution in [2.45, 2.75) is 12.2 Å². The van der Waals surface area contributed by atoms with Crippen molar-refractivity contribution in [3.8, 4) is 22.6 Å². The fraction of sp³-hybridized carbons (Fsp3) is 0.211. The maximum absolute atomic E-state index is 9.87. The average molecular weight is 369 g/mol. The standard InChI is InChI=1S/C19H17ClN4O2/c20-14-5-3-12(4-6-14)15-8-18(24-10-16(25)17(26)11-24)23-19(22-15)13-2-1-7-21-9-13/h1-9,16-17,25-26H,10-11H2/t16-,17-/m0/s1. The van der Waals surface area contributed by atoms with Gasteiger partial charge in [-0.05, 0) is 24.3 Å². The van der Waals surface area contributed by atoms with Crippen LogP contribution in [0.25, 0.3) is 22.6 Å². The van der Waals surface area contributed by atoms with Crippen LogP contribution in [0.2, 0.25) is 5.02 Å². The molecule has 0 aliphatic carbocycles. The molecule has 1 fully saturated rings. The lowest BCUT2D eigenvalue weighted by molar-refractivity contribution is 0.0572. The third-order valence-electron chi connectivity index (χ3n) is 4.36. The Morgan fingerprint density at radius 3 is 2.35 bits per heavy atom. The predicted molar refractivity (Wildman–Crippen MR) is 99.9 cm³/mol. The molecule has 7 heteroatoms. The Labute approximate surface area is 155 Å². The topological polar surface area (TPSA) is 82.4 Å². The fourth-order valence-electron chi connectivity index (χ4n) is 2.95. The molecule has 3 aromatic rings. The molecule has 0 spiro atoms. The van der Waals surface area contributed by atoms with Crippen molar-refractivity contribution in [2.24, 2.45) is 0 Å². The van der Waals surface area contributed by atoms with Gasteiger partial charge < -0.3 is 15.1 Å². The lowest BCUT2D eigenvalue weighted by Crippen LogP contribution is -2.22. The summed E-state index contributed by atoms with van der Waals surface area (Å²) in [6.07, 6.45) is 1.83. The molecule has 2 N–H and O–H groups in total. The summed E-state index contributed by atoms with van der Waals surface area (Å²) in [5, 5.41) is 20.4. The van der Waals surface area contributed by atoms with Crippen molar-refractivity contribution in [1.29, 1.82) is 0 Å². The normalized spacial score (nSPS) is 19.7. The van der Waals surface area contributed by atoms with Crippen LogP contribution in [-0.2, 0) is 0 Å². The minimum Gasteiger partial charge on any atom is -0.389 e. The van der Waals surface area contributed by atoms with E-state index in [2.05, 4.69) is 15.0 Å². The first-order valence-corrected chi connectivity index (χ1v) is 8.64. The van der Waals surface area contributed by atoms with E-state index in [9.17, 15) is 10.2 Å². The Morgan fingerprint density at radius 1 is 0.962 bits per heavy atom. The van der Waals surface area contributed by atoms with Crippen LogP contribution in [0.3, 0.4) is 0 Å². The average Bonchev–Trinajstić information content (AvgIpc) is 3.01. The van der Waals surface area contributed by atoms with Gasteiger partial charge in [-0.3, -0.25) is 4.98 Å². The van der Waals surface area contributed by atoms with Gasteiger partial charge in [-0.25, -0.2) is 9.97 Å². The molecule has 0 saturated carbocycles. The van der Waals surface area contributed by atoms with Gasteiger partial charge in [0.1, 0.15) is 5.82 Å². The molecule has 0 unspecified atom stereocenters. The number of halogens is 1. The van der Waals surface area contributed by atoms with Crippen LogP contribution in [0.15, 0.2) is 54.9 Å². The summed E-state index contributed by atoms with van der Waals surface area (Å²) >= 11 is 5.99. The van der Waals surface area contributed by atoms with E-state index < -0.39 is 12.2 Å². The van der Waals surface area contributed by atoms with E-state index in [1.807, 2.05) is 47.4 Å². The second-order valence-electron chi connectivity index (χ2n) is 6.22. The number of nitrogens with zero attached hydrogens (tertiary/aromatic N) is 4. The molecule has 26 heavy (non-hydrogen) atoms. The number of pyridine rings is 1. The smallest absolute Gasteiger partial charge is 0.163 e. The van der Waals surface area contributed by atoms with Crippen LogP contribution in [0, 0.1) is 0 Å². The van der Waals surface area contributed by atoms with Crippen LogP contribution >= 0.6 is 11.6 Å². The minimum atomic E-state index is -0.786. The van der Waals surface area contributed by atoms with Crippen molar-refractivity contribution in [3.63, 3.8) is 0 Å². The highest BCUT2D eigenvalue weighted by Crippen LogP contribution is 2.28. The highest BCUT2D eigenvalue weighted by molar-refractivity contribution is 6.30. The molecule has 1 aliphatic heterocycles. The first-order chi connectivity index (χ1) is 12.6. The number of aromatic nitrogens is 3. The molecule has 2 atom stereocenters. The molecule has 1 aliphatic rings. The molecule has 0 bridgehead atoms. The molecule has 3 heterocycles. The Hall–Kier alpha value is -2.54. The van der Waals surface area contributed by atoms with Gasteiger partial charge in [0.15, 0.2) is 5.82 Å². The van der Waals surface area contributed by atoms with Crippen molar-refractivity contribution in [1.82, 2.24) is 15.0 Å². The molecule has 1 aromatic carbocycles. The number of benzene rings is 1. The maximum Gasteiger partial charge on any atom is 0.163 e. The summed E-state index contributed by atoms with van der Waals surface area (Å²) in [6, 6.07) is 13.0. The zero-order valence-electron chi connectivity index (χ0n) is 13.8. The van der Waals surface area contributed by atoms with Gasteiger partial charge in [-0.1, -0.05) is 23.7 Å². The van der Waals surface area contributed by atoms with E-state index in [1.54, 1.807) is 12.4 Å². The van der Waals surface area contributed by atoms with Crippen molar-refractivity contribution in [2.75, 3.05) is 18.0 Å². The molecular formula is C19H17ClN4O2. The van der Waals surface area contributed by atoms with Crippen LogP contribution in [0.5, 0.6) is 0 Å². The predicted octanol–water partition coefficient (Wildman–Crippen LogP) is 2.40. The number of rotatable bonds is 3. The summed E-state index contributed by atoms with van der Waals surface area (Å²) in [5.74, 6) is 1.19. The van der Waals surface area contributed by atoms with Gasteiger partial charge in [0.2, 0.25) is 0 Å². The molecule has 1 saturated heterocycles. The molecule has 6 nitrogen and oxygen atoms in total. The summed E-state index contributed by atoms with van der Waals surface area (Å²) in [6.45, 7) is 0.648.